The van der Waals surface area contributed by atoms with E-state index in [0.29, 0.717) is 30.6 Å². The quantitative estimate of drug-likeness (QED) is 0.772. The van der Waals surface area contributed by atoms with Crippen LogP contribution in [0, 0.1) is 5.92 Å². The summed E-state index contributed by atoms with van der Waals surface area (Å²) in [5.74, 6) is 0.674. The van der Waals surface area contributed by atoms with Gasteiger partial charge in [0, 0.05) is 24.8 Å². The molecule has 158 valence electrons. The molecule has 2 fully saturated rings. The minimum atomic E-state index is -0.141. The van der Waals surface area contributed by atoms with Crippen molar-refractivity contribution in [3.05, 3.63) is 29.3 Å². The average molecular weight is 427 g/mol. The highest BCUT2D eigenvalue weighted by molar-refractivity contribution is 8.04. The molecule has 8 nitrogen and oxygen atoms in total. The van der Waals surface area contributed by atoms with Gasteiger partial charge in [0.15, 0.2) is 0 Å². The van der Waals surface area contributed by atoms with E-state index in [2.05, 4.69) is 33.6 Å². The SMILES string of the molecule is CC1=NN(C2CCCCC2)C2SC(C(=O)Nc3ccc(N4CCNC4=O)nc3)=CC12. The van der Waals surface area contributed by atoms with Crippen LogP contribution in [0.15, 0.2) is 34.4 Å². The molecule has 0 radical (unpaired) electrons. The Morgan fingerprint density at radius 1 is 1.27 bits per heavy atom. The van der Waals surface area contributed by atoms with Crippen molar-refractivity contribution >= 4 is 40.9 Å². The van der Waals surface area contributed by atoms with Gasteiger partial charge in [-0.1, -0.05) is 37.1 Å². The normalized spacial score (nSPS) is 26.4. The number of carbonyl (C=O) groups excluding carboxylic acids is 2. The van der Waals surface area contributed by atoms with Crippen LogP contribution in [0.1, 0.15) is 39.0 Å². The van der Waals surface area contributed by atoms with Crippen molar-refractivity contribution < 1.29 is 9.59 Å². The van der Waals surface area contributed by atoms with Crippen LogP contribution in [0.3, 0.4) is 0 Å². The van der Waals surface area contributed by atoms with Crippen molar-refractivity contribution in [2.24, 2.45) is 11.0 Å². The largest absolute Gasteiger partial charge is 0.336 e. The fourth-order valence-electron chi connectivity index (χ4n) is 4.61. The smallest absolute Gasteiger partial charge is 0.323 e. The highest BCUT2D eigenvalue weighted by Crippen LogP contribution is 2.45. The van der Waals surface area contributed by atoms with Gasteiger partial charge in [0.1, 0.15) is 11.2 Å². The Balaban J connectivity index is 1.23. The van der Waals surface area contributed by atoms with Crippen molar-refractivity contribution in [1.82, 2.24) is 15.3 Å². The summed E-state index contributed by atoms with van der Waals surface area (Å²) in [6.45, 7) is 3.28. The number of carbonyl (C=O) groups is 2. The second-order valence-electron chi connectivity index (χ2n) is 8.22. The number of aromatic nitrogens is 1. The van der Waals surface area contributed by atoms with Crippen LogP contribution in [0.2, 0.25) is 0 Å². The summed E-state index contributed by atoms with van der Waals surface area (Å²) < 4.78 is 0. The Morgan fingerprint density at radius 2 is 2.10 bits per heavy atom. The van der Waals surface area contributed by atoms with Gasteiger partial charge in [-0.2, -0.15) is 5.10 Å². The van der Waals surface area contributed by atoms with Crippen LogP contribution in [-0.4, -0.2) is 52.1 Å². The molecular formula is C21H26N6O2S. The Morgan fingerprint density at radius 3 is 2.80 bits per heavy atom. The number of fused-ring (bicyclic) bond motifs is 1. The molecule has 1 aliphatic carbocycles. The van der Waals surface area contributed by atoms with E-state index in [-0.39, 0.29) is 23.2 Å². The molecule has 5 rings (SSSR count). The number of nitrogens with one attached hydrogen (secondary N) is 2. The molecule has 1 aromatic rings. The van der Waals surface area contributed by atoms with Gasteiger partial charge >= 0.3 is 6.03 Å². The molecule has 1 aromatic heterocycles. The number of nitrogens with zero attached hydrogens (tertiary/aromatic N) is 4. The number of hydrogen-bond acceptors (Lipinski definition) is 6. The van der Waals surface area contributed by atoms with Crippen LogP contribution in [-0.2, 0) is 4.79 Å². The first-order chi connectivity index (χ1) is 14.6. The molecule has 1 saturated heterocycles. The van der Waals surface area contributed by atoms with E-state index in [0.717, 1.165) is 10.6 Å². The lowest BCUT2D eigenvalue weighted by Gasteiger charge is -2.34. The first-order valence-corrected chi connectivity index (χ1v) is 11.5. The summed E-state index contributed by atoms with van der Waals surface area (Å²) in [7, 11) is 0. The maximum absolute atomic E-state index is 12.9. The fourth-order valence-corrected chi connectivity index (χ4v) is 6.00. The summed E-state index contributed by atoms with van der Waals surface area (Å²) in [5, 5.41) is 13.0. The van der Waals surface area contributed by atoms with Gasteiger partial charge in [-0.05, 0) is 31.9 Å². The lowest BCUT2D eigenvalue weighted by atomic mass is 9.94. The molecule has 3 aliphatic heterocycles. The second-order valence-corrected chi connectivity index (χ2v) is 9.38. The third-order valence-electron chi connectivity index (χ3n) is 6.21. The summed E-state index contributed by atoms with van der Waals surface area (Å²) in [4.78, 5) is 31.3. The number of pyridine rings is 1. The third-order valence-corrected chi connectivity index (χ3v) is 7.54. The number of thioether (sulfide) groups is 1. The van der Waals surface area contributed by atoms with Crippen molar-refractivity contribution in [3.63, 3.8) is 0 Å². The molecular weight excluding hydrogens is 400 g/mol. The van der Waals surface area contributed by atoms with Crippen molar-refractivity contribution in [3.8, 4) is 0 Å². The van der Waals surface area contributed by atoms with E-state index in [1.807, 2.05) is 0 Å². The highest BCUT2D eigenvalue weighted by atomic mass is 32.2. The topological polar surface area (TPSA) is 89.9 Å². The van der Waals surface area contributed by atoms with Crippen LogP contribution in [0.5, 0.6) is 0 Å². The first-order valence-electron chi connectivity index (χ1n) is 10.6. The standard InChI is InChI=1S/C21H26N6O2S/c1-13-16-11-17(30-20(16)27(25-13)15-5-3-2-4-6-15)19(28)24-14-7-8-18(23-12-14)26-10-9-22-21(26)29/h7-8,11-12,15-16,20H,2-6,9-10H2,1H3,(H,22,29)(H,24,28). The zero-order valence-electron chi connectivity index (χ0n) is 17.0. The van der Waals surface area contributed by atoms with E-state index in [1.54, 1.807) is 35.0 Å². The number of hydrazone groups is 1. The zero-order valence-corrected chi connectivity index (χ0v) is 17.8. The third kappa shape index (κ3) is 3.55. The summed E-state index contributed by atoms with van der Waals surface area (Å²) >= 11 is 1.62. The van der Waals surface area contributed by atoms with Crippen molar-refractivity contribution in [2.45, 2.75) is 50.4 Å². The highest BCUT2D eigenvalue weighted by Gasteiger charge is 2.43. The van der Waals surface area contributed by atoms with E-state index in [9.17, 15) is 9.59 Å². The van der Waals surface area contributed by atoms with Gasteiger partial charge in [0.25, 0.3) is 5.91 Å². The molecule has 4 aliphatic rings. The number of amides is 3. The minimum absolute atomic E-state index is 0.112. The van der Waals surface area contributed by atoms with E-state index < -0.39 is 0 Å². The second kappa shape index (κ2) is 7.94. The van der Waals surface area contributed by atoms with Crippen molar-refractivity contribution in [2.75, 3.05) is 23.3 Å². The molecule has 0 aromatic carbocycles. The first kappa shape index (κ1) is 19.4. The molecule has 0 bridgehead atoms. The molecule has 0 spiro atoms. The van der Waals surface area contributed by atoms with Crippen LogP contribution < -0.4 is 15.5 Å². The number of hydrogen-bond donors (Lipinski definition) is 2. The number of anilines is 2. The maximum Gasteiger partial charge on any atom is 0.323 e. The lowest BCUT2D eigenvalue weighted by Crippen LogP contribution is -2.37. The minimum Gasteiger partial charge on any atom is -0.336 e. The monoisotopic (exact) mass is 426 g/mol. The van der Waals surface area contributed by atoms with Crippen LogP contribution >= 0.6 is 11.8 Å². The molecule has 2 unspecified atom stereocenters. The molecule has 3 amide bonds. The van der Waals surface area contributed by atoms with Crippen LogP contribution in [0.4, 0.5) is 16.3 Å². The Labute approximate surface area is 180 Å². The summed E-state index contributed by atoms with van der Waals surface area (Å²) in [6, 6.07) is 3.89. The van der Waals surface area contributed by atoms with Crippen LogP contribution in [0.25, 0.3) is 0 Å². The fraction of sp³-hybridized carbons (Fsp3) is 0.524. The Kier molecular flexibility index (Phi) is 5.14. The molecule has 9 heteroatoms. The molecule has 2 N–H and O–H groups in total. The molecule has 2 atom stereocenters. The Bertz CT molecular complexity index is 909. The van der Waals surface area contributed by atoms with Gasteiger partial charge in [0.05, 0.1) is 22.7 Å². The number of urea groups is 1. The molecule has 4 heterocycles. The van der Waals surface area contributed by atoms with Gasteiger partial charge < -0.3 is 10.6 Å². The predicted octanol–water partition coefficient (Wildman–Crippen LogP) is 3.15. The molecule has 30 heavy (non-hydrogen) atoms. The van der Waals surface area contributed by atoms with Crippen molar-refractivity contribution in [1.29, 1.82) is 0 Å². The van der Waals surface area contributed by atoms with E-state index in [4.69, 9.17) is 5.10 Å². The lowest BCUT2D eigenvalue weighted by molar-refractivity contribution is -0.112. The average Bonchev–Trinajstić information content (AvgIpc) is 3.46. The van der Waals surface area contributed by atoms with Gasteiger partial charge in [-0.15, -0.1) is 0 Å². The maximum atomic E-state index is 12.9. The number of rotatable bonds is 4. The van der Waals surface area contributed by atoms with Gasteiger partial charge in [-0.25, -0.2) is 9.78 Å². The van der Waals surface area contributed by atoms with Gasteiger partial charge in [-0.3, -0.25) is 14.7 Å². The van der Waals surface area contributed by atoms with E-state index in [1.165, 1.54) is 32.1 Å². The summed E-state index contributed by atoms with van der Waals surface area (Å²) in [6.07, 6.45) is 9.88. The Hall–Kier alpha value is -2.55. The predicted molar refractivity (Wildman–Crippen MR) is 118 cm³/mol. The summed E-state index contributed by atoms with van der Waals surface area (Å²) in [5.41, 5.74) is 1.72. The van der Waals surface area contributed by atoms with Gasteiger partial charge in [0.2, 0.25) is 0 Å². The van der Waals surface area contributed by atoms with E-state index >= 15 is 0 Å². The molecule has 1 saturated carbocycles. The zero-order chi connectivity index (χ0) is 20.7.